The molecule has 0 amide bonds. The maximum Gasteiger partial charge on any atom is 0.343 e. The predicted octanol–water partition coefficient (Wildman–Crippen LogP) is -1.29. The second kappa shape index (κ2) is 6.11. The minimum Gasteiger partial charge on any atom is -0.356 e. The Balaban J connectivity index is 0.000000487. The average molecular weight is 234 g/mol. The van der Waals surface area contributed by atoms with Gasteiger partial charge in [0.15, 0.2) is 5.82 Å². The second-order valence-corrected chi connectivity index (χ2v) is 2.43. The van der Waals surface area contributed by atoms with Crippen LogP contribution in [0.15, 0.2) is 18.2 Å². The van der Waals surface area contributed by atoms with Crippen LogP contribution in [0.1, 0.15) is 0 Å². The van der Waals surface area contributed by atoms with Crippen LogP contribution in [0.5, 0.6) is 0 Å². The Labute approximate surface area is 88.1 Å². The highest BCUT2D eigenvalue weighted by molar-refractivity contribution is 5.70. The molecule has 1 aromatic carbocycles. The fourth-order valence-electron chi connectivity index (χ4n) is 0.746. The molecule has 1 aromatic rings. The molecule has 0 bridgehead atoms. The molecule has 0 saturated heterocycles. The minimum absolute atomic E-state index is 0.0522. The van der Waals surface area contributed by atoms with E-state index in [1.807, 2.05) is 0 Å². The van der Waals surface area contributed by atoms with Gasteiger partial charge in [0, 0.05) is 6.07 Å². The van der Waals surface area contributed by atoms with Crippen molar-refractivity contribution in [3.63, 3.8) is 0 Å². The van der Waals surface area contributed by atoms with Crippen LogP contribution in [0.2, 0.25) is 0 Å². The fourth-order valence-corrected chi connectivity index (χ4v) is 0.746. The number of nitrogens with one attached hydrogen (secondary N) is 1. The van der Waals surface area contributed by atoms with Crippen molar-refractivity contribution in [3.05, 3.63) is 45.2 Å². The van der Waals surface area contributed by atoms with Crippen LogP contribution in [0.4, 0.5) is 14.5 Å². The van der Waals surface area contributed by atoms with E-state index in [1.165, 1.54) is 6.07 Å². The van der Waals surface area contributed by atoms with E-state index in [2.05, 4.69) is 4.99 Å². The molecule has 88 valence electrons. The summed E-state index contributed by atoms with van der Waals surface area (Å²) in [5, 5.41) is 14.8. The second-order valence-electron chi connectivity index (χ2n) is 2.43. The van der Waals surface area contributed by atoms with Gasteiger partial charge in [-0.05, 0) is 12.1 Å². The van der Waals surface area contributed by atoms with Gasteiger partial charge in [0.2, 0.25) is 0 Å². The first-order chi connectivity index (χ1) is 7.32. The average Bonchev–Trinajstić information content (AvgIpc) is 2.08. The van der Waals surface area contributed by atoms with Gasteiger partial charge in [0.1, 0.15) is 11.5 Å². The summed E-state index contributed by atoms with van der Waals surface area (Å²) in [6.45, 7) is 0. The third-order valence-electron chi connectivity index (χ3n) is 1.21. The summed E-state index contributed by atoms with van der Waals surface area (Å²) in [5.74, 6) is -1.52. The number of nitrogens with zero attached hydrogens (tertiary/aromatic N) is 1. The normalized spacial score (nSPS) is 8.62. The Morgan fingerprint density at radius 3 is 2.19 bits per heavy atom. The van der Waals surface area contributed by atoms with Crippen molar-refractivity contribution in [1.29, 1.82) is 0 Å². The summed E-state index contributed by atoms with van der Waals surface area (Å²) in [4.78, 5) is 10.6. The molecule has 0 heterocycles. The van der Waals surface area contributed by atoms with Crippen LogP contribution in [-0.4, -0.2) is 11.0 Å². The van der Waals surface area contributed by atoms with E-state index < -0.39 is 16.7 Å². The zero-order chi connectivity index (χ0) is 12.7. The third-order valence-corrected chi connectivity index (χ3v) is 1.21. The lowest BCUT2D eigenvalue weighted by Gasteiger charge is -1.94. The molecule has 0 radical (unpaired) electrons. The predicted molar refractivity (Wildman–Crippen MR) is 50.7 cm³/mol. The maximum atomic E-state index is 12.8. The largest absolute Gasteiger partial charge is 0.356 e. The standard InChI is InChI=1S/C7H7F2N3.NO3/c8-4-1-2-6(5(9)3-4)12-7(10)11;2-1(3)4/h1-3H,(H4,10,11,12);/q;-1/p+1. The van der Waals surface area contributed by atoms with Gasteiger partial charge in [0.25, 0.3) is 0 Å². The molecule has 0 aromatic heterocycles. The number of guanidine groups is 1. The van der Waals surface area contributed by atoms with Crippen LogP contribution in [0.25, 0.3) is 0 Å². The number of nitrogens with two attached hydrogens (primary N) is 2. The van der Waals surface area contributed by atoms with Crippen LogP contribution in [0.3, 0.4) is 0 Å². The van der Waals surface area contributed by atoms with E-state index in [1.54, 1.807) is 0 Å². The smallest absolute Gasteiger partial charge is 0.343 e. The quantitative estimate of drug-likeness (QED) is 0.241. The van der Waals surface area contributed by atoms with Crippen molar-refractivity contribution < 1.29 is 18.9 Å². The molecule has 5 N–H and O–H groups in total. The highest BCUT2D eigenvalue weighted by Gasteiger charge is 2.03. The molecule has 0 aliphatic carbocycles. The molecule has 0 spiro atoms. The molecule has 7 nitrogen and oxygen atoms in total. The summed E-state index contributed by atoms with van der Waals surface area (Å²) in [6, 6.07) is 3.06. The van der Waals surface area contributed by atoms with Crippen LogP contribution in [-0.2, 0) is 0 Å². The first-order valence-corrected chi connectivity index (χ1v) is 3.74. The lowest BCUT2D eigenvalue weighted by Crippen LogP contribution is -2.72. The van der Waals surface area contributed by atoms with Crippen molar-refractivity contribution >= 4 is 11.6 Å². The number of rotatable bonds is 1. The molecule has 9 heteroatoms. The SMILES string of the molecule is NC(N)=[NH+]c1ccc(F)cc1F.O=[N+]([O-])[O-]. The summed E-state index contributed by atoms with van der Waals surface area (Å²) in [6.07, 6.45) is 0. The highest BCUT2D eigenvalue weighted by Crippen LogP contribution is 2.08. The summed E-state index contributed by atoms with van der Waals surface area (Å²) < 4.78 is 25.1. The van der Waals surface area contributed by atoms with Crippen LogP contribution >= 0.6 is 0 Å². The Bertz CT molecular complexity index is 403. The molecular weight excluding hydrogens is 226 g/mol. The van der Waals surface area contributed by atoms with Gasteiger partial charge in [0.05, 0.1) is 5.09 Å². The minimum atomic E-state index is -1.75. The number of hydrogen-bond acceptors (Lipinski definition) is 3. The Morgan fingerprint density at radius 2 is 1.81 bits per heavy atom. The zero-order valence-electron chi connectivity index (χ0n) is 7.81. The number of hydrogen-bond donors (Lipinski definition) is 3. The van der Waals surface area contributed by atoms with E-state index in [0.29, 0.717) is 0 Å². The lowest BCUT2D eigenvalue weighted by atomic mass is 10.3. The van der Waals surface area contributed by atoms with Crippen LogP contribution in [0, 0.1) is 27.0 Å². The van der Waals surface area contributed by atoms with Crippen molar-refractivity contribution in [2.24, 2.45) is 11.5 Å². The molecule has 0 saturated carbocycles. The van der Waals surface area contributed by atoms with Crippen molar-refractivity contribution in [2.45, 2.75) is 0 Å². The van der Waals surface area contributed by atoms with Gasteiger partial charge in [-0.25, -0.2) is 13.8 Å². The van der Waals surface area contributed by atoms with Gasteiger partial charge in [-0.1, -0.05) is 0 Å². The maximum absolute atomic E-state index is 12.8. The molecule has 0 unspecified atom stereocenters. The lowest BCUT2D eigenvalue weighted by molar-refractivity contribution is -0.402. The Kier molecular flexibility index (Phi) is 5.18. The number of benzene rings is 1. The molecule has 0 aliphatic rings. The Hall–Kier alpha value is -2.45. The van der Waals surface area contributed by atoms with Gasteiger partial charge in [-0.3, -0.25) is 11.5 Å². The van der Waals surface area contributed by atoms with Crippen molar-refractivity contribution in [3.8, 4) is 0 Å². The highest BCUT2D eigenvalue weighted by atomic mass is 19.1. The summed E-state index contributed by atoms with van der Waals surface area (Å²) >= 11 is 0. The molecule has 1 rings (SSSR count). The van der Waals surface area contributed by atoms with E-state index in [4.69, 9.17) is 26.8 Å². The first-order valence-electron chi connectivity index (χ1n) is 3.74. The van der Waals surface area contributed by atoms with Gasteiger partial charge in [-0.15, -0.1) is 0 Å². The van der Waals surface area contributed by atoms with E-state index in [-0.39, 0.29) is 11.6 Å². The van der Waals surface area contributed by atoms with Crippen molar-refractivity contribution in [1.82, 2.24) is 0 Å². The first kappa shape index (κ1) is 13.6. The molecule has 0 fully saturated rings. The van der Waals surface area contributed by atoms with Crippen molar-refractivity contribution in [2.75, 3.05) is 0 Å². The topological polar surface area (TPSA) is 132 Å². The molecule has 0 atom stereocenters. The van der Waals surface area contributed by atoms with E-state index in [9.17, 15) is 8.78 Å². The van der Waals surface area contributed by atoms with Gasteiger partial charge >= 0.3 is 5.96 Å². The monoisotopic (exact) mass is 234 g/mol. The van der Waals surface area contributed by atoms with Gasteiger partial charge < -0.3 is 15.3 Å². The van der Waals surface area contributed by atoms with Gasteiger partial charge in [-0.2, -0.15) is 0 Å². The molecule has 0 aliphatic heterocycles. The Morgan fingerprint density at radius 1 is 1.31 bits per heavy atom. The summed E-state index contributed by atoms with van der Waals surface area (Å²) in [7, 11) is 0. The third kappa shape index (κ3) is 6.07. The molecular formula is C7H8F2N4O3. The fraction of sp³-hybridized carbons (Fsp3) is 0. The molecule has 16 heavy (non-hydrogen) atoms. The summed E-state index contributed by atoms with van der Waals surface area (Å²) in [5.41, 5.74) is 10.2. The zero-order valence-corrected chi connectivity index (χ0v) is 7.81. The van der Waals surface area contributed by atoms with E-state index >= 15 is 0 Å². The number of halogens is 2. The van der Waals surface area contributed by atoms with E-state index in [0.717, 1.165) is 12.1 Å². The van der Waals surface area contributed by atoms with Crippen LogP contribution < -0.4 is 16.5 Å².